The largest absolute Gasteiger partial charge is 0.393 e. The molecule has 0 bridgehead atoms. The van der Waals surface area contributed by atoms with E-state index in [1.165, 1.54) is 58.0 Å². The van der Waals surface area contributed by atoms with Gasteiger partial charge in [-0.05, 0) is 121 Å². The molecule has 0 heterocycles. The van der Waals surface area contributed by atoms with Gasteiger partial charge in [0.15, 0.2) is 0 Å². The standard InChI is InChI=1S/C25H44N2O.2ClH/c1-24-13-11-19(28)17-18(24)7-8-20-21-9-10-23(25(21,2)14-12-22(20)24)27(5)16-6-15-26(3)4;;/h7,19-23,28H,6,8-17H2,1-5H3;2*1H/t19-,20?,21?,22?,23-,24-,25-;;/m0../s1. The van der Waals surface area contributed by atoms with E-state index in [9.17, 15) is 5.11 Å². The van der Waals surface area contributed by atoms with Crippen LogP contribution in [0.4, 0.5) is 0 Å². The summed E-state index contributed by atoms with van der Waals surface area (Å²) in [5.74, 6) is 2.63. The van der Waals surface area contributed by atoms with E-state index in [4.69, 9.17) is 0 Å². The third-order valence-electron chi connectivity index (χ3n) is 9.68. The predicted octanol–water partition coefficient (Wildman–Crippen LogP) is 5.41. The van der Waals surface area contributed by atoms with Crippen LogP contribution in [0.1, 0.15) is 71.6 Å². The van der Waals surface area contributed by atoms with Gasteiger partial charge < -0.3 is 14.9 Å². The lowest BCUT2D eigenvalue weighted by Gasteiger charge is -2.58. The molecule has 3 saturated carbocycles. The fourth-order valence-corrected chi connectivity index (χ4v) is 8.13. The van der Waals surface area contributed by atoms with Crippen molar-refractivity contribution in [1.29, 1.82) is 0 Å². The van der Waals surface area contributed by atoms with Gasteiger partial charge in [0.25, 0.3) is 0 Å². The molecule has 4 aliphatic rings. The highest BCUT2D eigenvalue weighted by molar-refractivity contribution is 5.85. The Morgan fingerprint density at radius 2 is 1.70 bits per heavy atom. The average Bonchev–Trinajstić information content (AvgIpc) is 2.99. The highest BCUT2D eigenvalue weighted by atomic mass is 35.5. The van der Waals surface area contributed by atoms with Crippen LogP contribution < -0.4 is 0 Å². The highest BCUT2D eigenvalue weighted by Crippen LogP contribution is 2.65. The van der Waals surface area contributed by atoms with Crippen molar-refractivity contribution in [2.75, 3.05) is 34.2 Å². The van der Waals surface area contributed by atoms with Crippen LogP contribution >= 0.6 is 24.8 Å². The summed E-state index contributed by atoms with van der Waals surface area (Å²) in [7, 11) is 6.76. The summed E-state index contributed by atoms with van der Waals surface area (Å²) in [4.78, 5) is 5.03. The lowest BCUT2D eigenvalue weighted by Crippen LogP contribution is -2.53. The minimum absolute atomic E-state index is 0. The van der Waals surface area contributed by atoms with Gasteiger partial charge >= 0.3 is 0 Å². The molecule has 3 fully saturated rings. The summed E-state index contributed by atoms with van der Waals surface area (Å²) in [5, 5.41) is 10.2. The number of allylic oxidation sites excluding steroid dienone is 1. The number of nitrogens with zero attached hydrogens (tertiary/aromatic N) is 2. The summed E-state index contributed by atoms with van der Waals surface area (Å²) in [6.45, 7) is 7.61. The lowest BCUT2D eigenvalue weighted by atomic mass is 9.48. The maximum absolute atomic E-state index is 10.2. The second kappa shape index (κ2) is 10.00. The van der Waals surface area contributed by atoms with Gasteiger partial charge in [0.1, 0.15) is 0 Å². The van der Waals surface area contributed by atoms with Crippen molar-refractivity contribution in [3.63, 3.8) is 0 Å². The minimum atomic E-state index is -0.0867. The first kappa shape index (κ1) is 26.5. The van der Waals surface area contributed by atoms with Crippen LogP contribution in [0.25, 0.3) is 0 Å². The van der Waals surface area contributed by atoms with Crippen LogP contribution in [0.3, 0.4) is 0 Å². The van der Waals surface area contributed by atoms with Crippen molar-refractivity contribution < 1.29 is 5.11 Å². The average molecular weight is 462 g/mol. The van der Waals surface area contributed by atoms with Crippen molar-refractivity contribution in [2.45, 2.75) is 83.8 Å². The molecule has 0 saturated heterocycles. The zero-order chi connectivity index (χ0) is 20.1. The Hall–Kier alpha value is 0.200. The van der Waals surface area contributed by atoms with Crippen molar-refractivity contribution in [2.24, 2.45) is 28.6 Å². The first-order valence-electron chi connectivity index (χ1n) is 12.0. The molecule has 0 aliphatic heterocycles. The molecular formula is C25H46Cl2N2O. The van der Waals surface area contributed by atoms with E-state index in [2.05, 4.69) is 50.9 Å². The van der Waals surface area contributed by atoms with E-state index in [-0.39, 0.29) is 30.9 Å². The Bertz CT molecular complexity index is 612. The van der Waals surface area contributed by atoms with Crippen molar-refractivity contribution in [3.8, 4) is 0 Å². The summed E-state index contributed by atoms with van der Waals surface area (Å²) >= 11 is 0. The molecule has 0 spiro atoms. The van der Waals surface area contributed by atoms with Gasteiger partial charge in [0.05, 0.1) is 6.10 Å². The summed E-state index contributed by atoms with van der Waals surface area (Å²) < 4.78 is 0. The zero-order valence-corrected chi connectivity index (χ0v) is 21.5. The topological polar surface area (TPSA) is 26.7 Å². The zero-order valence-electron chi connectivity index (χ0n) is 19.9. The van der Waals surface area contributed by atoms with Gasteiger partial charge in [-0.2, -0.15) is 0 Å². The molecule has 4 rings (SSSR count). The van der Waals surface area contributed by atoms with Gasteiger partial charge in [0.2, 0.25) is 0 Å². The fourth-order valence-electron chi connectivity index (χ4n) is 8.13. The van der Waals surface area contributed by atoms with Gasteiger partial charge in [0, 0.05) is 6.04 Å². The number of rotatable bonds is 5. The van der Waals surface area contributed by atoms with Crippen LogP contribution in [0.15, 0.2) is 11.6 Å². The Kier molecular flexibility index (Phi) is 8.81. The molecule has 7 atom stereocenters. The van der Waals surface area contributed by atoms with Crippen LogP contribution in [-0.4, -0.2) is 61.3 Å². The molecule has 176 valence electrons. The maximum atomic E-state index is 10.2. The monoisotopic (exact) mass is 460 g/mol. The quantitative estimate of drug-likeness (QED) is 0.555. The van der Waals surface area contributed by atoms with Gasteiger partial charge in [-0.15, -0.1) is 24.8 Å². The SMILES string of the molecule is CN(C)CCCN(C)[C@H]1CCC2C3CC=C4C[C@@H](O)CC[C@]4(C)C3CC[C@@]21C.Cl.Cl. The second-order valence-corrected chi connectivity index (χ2v) is 11.4. The van der Waals surface area contributed by atoms with E-state index < -0.39 is 0 Å². The van der Waals surface area contributed by atoms with Crippen LogP contribution in [-0.2, 0) is 0 Å². The number of fused-ring (bicyclic) bond motifs is 5. The molecule has 3 unspecified atom stereocenters. The number of aliphatic hydroxyl groups is 1. The molecule has 3 nitrogen and oxygen atoms in total. The van der Waals surface area contributed by atoms with E-state index in [0.717, 1.165) is 36.6 Å². The van der Waals surface area contributed by atoms with Gasteiger partial charge in [-0.3, -0.25) is 0 Å². The number of hydrogen-bond donors (Lipinski definition) is 1. The second-order valence-electron chi connectivity index (χ2n) is 11.4. The van der Waals surface area contributed by atoms with Crippen LogP contribution in [0.5, 0.6) is 0 Å². The van der Waals surface area contributed by atoms with Crippen LogP contribution in [0.2, 0.25) is 0 Å². The minimum Gasteiger partial charge on any atom is -0.393 e. The van der Waals surface area contributed by atoms with E-state index in [1.807, 2.05) is 0 Å². The highest BCUT2D eigenvalue weighted by Gasteiger charge is 2.59. The predicted molar refractivity (Wildman–Crippen MR) is 132 cm³/mol. The summed E-state index contributed by atoms with van der Waals surface area (Å²) in [5.41, 5.74) is 2.48. The third-order valence-corrected chi connectivity index (χ3v) is 9.68. The normalized spacial score (nSPS) is 42.5. The molecule has 0 aromatic rings. The maximum Gasteiger partial charge on any atom is 0.0577 e. The van der Waals surface area contributed by atoms with E-state index in [0.29, 0.717) is 10.8 Å². The van der Waals surface area contributed by atoms with Crippen molar-refractivity contribution >= 4 is 24.8 Å². The van der Waals surface area contributed by atoms with Crippen molar-refractivity contribution in [3.05, 3.63) is 11.6 Å². The molecule has 5 heteroatoms. The molecule has 1 N–H and O–H groups in total. The molecule has 0 aromatic carbocycles. The molecule has 4 aliphatic carbocycles. The third kappa shape index (κ3) is 4.49. The molecular weight excluding hydrogens is 415 g/mol. The first-order valence-corrected chi connectivity index (χ1v) is 12.0. The van der Waals surface area contributed by atoms with Gasteiger partial charge in [-0.1, -0.05) is 25.5 Å². The first-order chi connectivity index (χ1) is 13.3. The Balaban J connectivity index is 0.00000160. The Labute approximate surface area is 197 Å². The van der Waals surface area contributed by atoms with E-state index in [1.54, 1.807) is 5.57 Å². The molecule has 0 amide bonds. The lowest BCUT2D eigenvalue weighted by molar-refractivity contribution is -0.0565. The smallest absolute Gasteiger partial charge is 0.0577 e. The van der Waals surface area contributed by atoms with Gasteiger partial charge in [-0.25, -0.2) is 0 Å². The Morgan fingerprint density at radius 1 is 0.967 bits per heavy atom. The van der Waals surface area contributed by atoms with Crippen LogP contribution in [0, 0.1) is 28.6 Å². The molecule has 0 radical (unpaired) electrons. The summed E-state index contributed by atoms with van der Waals surface area (Å²) in [6.07, 6.45) is 13.8. The number of hydrogen-bond acceptors (Lipinski definition) is 3. The summed E-state index contributed by atoms with van der Waals surface area (Å²) in [6, 6.07) is 0.770. The molecule has 0 aromatic heterocycles. The van der Waals surface area contributed by atoms with E-state index >= 15 is 0 Å². The Morgan fingerprint density at radius 3 is 2.40 bits per heavy atom. The fraction of sp³-hybridized carbons (Fsp3) is 0.920. The van der Waals surface area contributed by atoms with Crippen molar-refractivity contribution in [1.82, 2.24) is 9.80 Å². The number of halogens is 2. The molecule has 30 heavy (non-hydrogen) atoms. The number of aliphatic hydroxyl groups excluding tert-OH is 1.